The van der Waals surface area contributed by atoms with E-state index in [2.05, 4.69) is 0 Å². The zero-order chi connectivity index (χ0) is 17.7. The molecular formula is C15H32O6Si. The van der Waals surface area contributed by atoms with Crippen LogP contribution in [0.4, 0.5) is 0 Å². The first-order valence-corrected chi connectivity index (χ1v) is 9.23. The molecule has 0 fully saturated rings. The van der Waals surface area contributed by atoms with E-state index >= 15 is 0 Å². The minimum atomic E-state index is -3.47. The van der Waals surface area contributed by atoms with E-state index in [0.717, 1.165) is 0 Å². The highest BCUT2D eigenvalue weighted by atomic mass is 28.4. The summed E-state index contributed by atoms with van der Waals surface area (Å²) in [5, 5.41) is 0. The molecule has 0 rings (SSSR count). The smallest absolute Gasteiger partial charge is 0.237 e. The molecule has 0 saturated heterocycles. The van der Waals surface area contributed by atoms with E-state index in [1.54, 1.807) is 11.8 Å². The Morgan fingerprint density at radius 2 is 0.864 bits per heavy atom. The monoisotopic (exact) mass is 336 g/mol. The lowest BCUT2D eigenvalue weighted by Gasteiger charge is -2.31. The zero-order valence-electron chi connectivity index (χ0n) is 15.6. The van der Waals surface area contributed by atoms with Crippen molar-refractivity contribution in [1.82, 2.24) is 0 Å². The van der Waals surface area contributed by atoms with Crippen LogP contribution in [0, 0.1) is 0 Å². The Bertz CT molecular complexity index is 303. The zero-order valence-corrected chi connectivity index (χ0v) is 16.6. The first-order valence-electron chi connectivity index (χ1n) is 7.42. The highest BCUT2D eigenvalue weighted by molar-refractivity contribution is 6.65. The van der Waals surface area contributed by atoms with Gasteiger partial charge in [0.25, 0.3) is 0 Å². The summed E-state index contributed by atoms with van der Waals surface area (Å²) in [7, 11) is -3.47. The maximum atomic E-state index is 5.48. The molecule has 0 aliphatic rings. The summed E-state index contributed by atoms with van der Waals surface area (Å²) in [5.41, 5.74) is 0.0399. The van der Waals surface area contributed by atoms with Crippen molar-refractivity contribution in [3.8, 4) is 0 Å². The molecule has 0 atom stereocenters. The van der Waals surface area contributed by atoms with Crippen molar-refractivity contribution in [2.45, 2.75) is 86.0 Å². The van der Waals surface area contributed by atoms with Crippen LogP contribution in [0.25, 0.3) is 0 Å². The van der Waals surface area contributed by atoms with Gasteiger partial charge in [-0.15, -0.1) is 0 Å². The van der Waals surface area contributed by atoms with E-state index in [1.807, 2.05) is 69.2 Å². The van der Waals surface area contributed by atoms with Gasteiger partial charge in [-0.25, -0.2) is 28.4 Å². The van der Waals surface area contributed by atoms with Crippen molar-refractivity contribution in [3.05, 3.63) is 11.8 Å². The SMILES string of the molecule is CC=C[Si](OOC(C)(C)C)(OOC(C)(C)C)OOC(C)(C)C. The van der Waals surface area contributed by atoms with Gasteiger partial charge in [0.05, 0.1) is 16.8 Å². The third-order valence-electron chi connectivity index (χ3n) is 1.59. The molecule has 0 N–H and O–H groups in total. The summed E-state index contributed by atoms with van der Waals surface area (Å²) in [6.07, 6.45) is 1.75. The Balaban J connectivity index is 5.16. The number of rotatable bonds is 7. The molecule has 7 heteroatoms. The lowest BCUT2D eigenvalue weighted by molar-refractivity contribution is -0.406. The van der Waals surface area contributed by atoms with Gasteiger partial charge in [0.2, 0.25) is 0 Å². The van der Waals surface area contributed by atoms with Crippen molar-refractivity contribution in [2.75, 3.05) is 0 Å². The molecule has 22 heavy (non-hydrogen) atoms. The summed E-state index contributed by atoms with van der Waals surface area (Å²) in [6, 6.07) is 0. The van der Waals surface area contributed by atoms with Crippen LogP contribution >= 0.6 is 0 Å². The van der Waals surface area contributed by atoms with E-state index in [1.165, 1.54) is 0 Å². The molecule has 0 amide bonds. The number of hydrogen-bond donors (Lipinski definition) is 0. The van der Waals surface area contributed by atoms with Gasteiger partial charge in [-0.05, 0) is 74.9 Å². The average Bonchev–Trinajstić information content (AvgIpc) is 2.28. The lowest BCUT2D eigenvalue weighted by Crippen LogP contribution is -2.49. The molecular weight excluding hydrogens is 304 g/mol. The normalized spacial score (nSPS) is 14.8. The number of allylic oxidation sites excluding steroid dienone is 1. The first-order chi connectivity index (χ1) is 9.68. The Morgan fingerprint density at radius 1 is 0.591 bits per heavy atom. The average molecular weight is 337 g/mol. The standard InChI is InChI=1S/C15H32O6Si/c1-11-12-22(19-16-13(2,3)4,20-17-14(5,6)7)21-18-15(8,9)10/h11-12H,1-10H3. The van der Waals surface area contributed by atoms with Gasteiger partial charge in [-0.2, -0.15) is 0 Å². The van der Waals surface area contributed by atoms with Gasteiger partial charge in [-0.1, -0.05) is 6.08 Å². The topological polar surface area (TPSA) is 55.4 Å². The third-order valence-corrected chi connectivity index (χ3v) is 3.28. The van der Waals surface area contributed by atoms with Crippen LogP contribution in [0.5, 0.6) is 0 Å². The van der Waals surface area contributed by atoms with Crippen LogP contribution in [0.3, 0.4) is 0 Å². The Kier molecular flexibility index (Phi) is 7.90. The molecule has 0 aliphatic heterocycles. The summed E-state index contributed by atoms with van der Waals surface area (Å²) < 4.78 is 16.4. The van der Waals surface area contributed by atoms with Crippen molar-refractivity contribution < 1.29 is 28.4 Å². The predicted molar refractivity (Wildman–Crippen MR) is 86.3 cm³/mol. The van der Waals surface area contributed by atoms with E-state index in [-0.39, 0.29) is 0 Å². The summed E-state index contributed by atoms with van der Waals surface area (Å²) in [4.78, 5) is 16.1. The van der Waals surface area contributed by atoms with Gasteiger partial charge in [0.15, 0.2) is 0 Å². The van der Waals surface area contributed by atoms with Gasteiger partial charge in [0.1, 0.15) is 0 Å². The quantitative estimate of drug-likeness (QED) is 0.393. The van der Waals surface area contributed by atoms with Crippen molar-refractivity contribution in [3.63, 3.8) is 0 Å². The highest BCUT2D eigenvalue weighted by Crippen LogP contribution is 2.23. The van der Waals surface area contributed by atoms with E-state index < -0.39 is 25.6 Å². The van der Waals surface area contributed by atoms with E-state index in [0.29, 0.717) is 0 Å². The minimum absolute atomic E-state index is 0.532. The van der Waals surface area contributed by atoms with Crippen molar-refractivity contribution in [1.29, 1.82) is 0 Å². The van der Waals surface area contributed by atoms with Crippen LogP contribution in [0.2, 0.25) is 0 Å². The van der Waals surface area contributed by atoms with Crippen LogP contribution in [-0.2, 0) is 28.4 Å². The second kappa shape index (κ2) is 8.01. The predicted octanol–water partition coefficient (Wildman–Crippen LogP) is 4.28. The van der Waals surface area contributed by atoms with Crippen LogP contribution < -0.4 is 0 Å². The fraction of sp³-hybridized carbons (Fsp3) is 0.867. The van der Waals surface area contributed by atoms with Crippen LogP contribution in [-0.4, -0.2) is 25.6 Å². The van der Waals surface area contributed by atoms with Gasteiger partial charge in [0, 0.05) is 0 Å². The minimum Gasteiger partial charge on any atom is -0.237 e. The van der Waals surface area contributed by atoms with Crippen molar-refractivity contribution >= 4 is 8.80 Å². The fourth-order valence-corrected chi connectivity index (χ4v) is 2.64. The molecule has 0 aliphatic carbocycles. The Morgan fingerprint density at radius 3 is 1.05 bits per heavy atom. The molecule has 132 valence electrons. The van der Waals surface area contributed by atoms with Crippen molar-refractivity contribution in [2.24, 2.45) is 0 Å². The van der Waals surface area contributed by atoms with E-state index in [4.69, 9.17) is 28.4 Å². The molecule has 0 aromatic heterocycles. The summed E-state index contributed by atoms with van der Waals surface area (Å²) in [6.45, 7) is 18.5. The molecule has 0 saturated carbocycles. The largest absolute Gasteiger partial charge is 0.612 e. The molecule has 0 bridgehead atoms. The molecule has 0 aromatic carbocycles. The molecule has 0 radical (unpaired) electrons. The Hall–Kier alpha value is -0.283. The fourth-order valence-electron chi connectivity index (χ4n) is 0.878. The van der Waals surface area contributed by atoms with Gasteiger partial charge in [-0.3, -0.25) is 0 Å². The highest BCUT2D eigenvalue weighted by Gasteiger charge is 2.47. The molecule has 0 unspecified atom stereocenters. The number of hydrogen-bond acceptors (Lipinski definition) is 6. The van der Waals surface area contributed by atoms with Crippen LogP contribution in [0.1, 0.15) is 69.2 Å². The third kappa shape index (κ3) is 11.3. The second-order valence-corrected chi connectivity index (χ2v) is 9.98. The lowest BCUT2D eigenvalue weighted by atomic mass is 10.2. The molecule has 6 nitrogen and oxygen atoms in total. The second-order valence-electron chi connectivity index (χ2n) is 7.94. The first kappa shape index (κ1) is 21.7. The maximum absolute atomic E-state index is 5.48. The summed E-state index contributed by atoms with van der Waals surface area (Å²) >= 11 is 0. The van der Waals surface area contributed by atoms with Crippen LogP contribution in [0.15, 0.2) is 11.8 Å². The van der Waals surface area contributed by atoms with E-state index in [9.17, 15) is 0 Å². The Labute approximate surface area is 135 Å². The molecule has 0 aromatic rings. The maximum Gasteiger partial charge on any atom is 0.612 e. The molecule has 0 heterocycles. The summed E-state index contributed by atoms with van der Waals surface area (Å²) in [5.74, 6) is 0. The van der Waals surface area contributed by atoms with Gasteiger partial charge < -0.3 is 0 Å². The molecule has 0 spiro atoms. The van der Waals surface area contributed by atoms with Gasteiger partial charge >= 0.3 is 8.80 Å².